The Hall–Kier alpha value is -0.980. The molecule has 0 saturated carbocycles. The molecule has 0 amide bonds. The fourth-order valence-corrected chi connectivity index (χ4v) is 2.75. The van der Waals surface area contributed by atoms with Gasteiger partial charge in [0.15, 0.2) is 4.34 Å². The monoisotopic (exact) mass is 269 g/mol. The van der Waals surface area contributed by atoms with Crippen LogP contribution in [0.15, 0.2) is 32.9 Å². The van der Waals surface area contributed by atoms with Gasteiger partial charge >= 0.3 is 0 Å². The molecule has 0 aliphatic carbocycles. The van der Waals surface area contributed by atoms with Crippen molar-refractivity contribution >= 4 is 23.1 Å². The lowest BCUT2D eigenvalue weighted by Crippen LogP contribution is -2.11. The summed E-state index contributed by atoms with van der Waals surface area (Å²) >= 11 is 2.71. The van der Waals surface area contributed by atoms with E-state index in [9.17, 15) is 4.39 Å². The largest absolute Gasteiger partial charge is 0.313 e. The maximum Gasteiger partial charge on any atom is 0.178 e. The summed E-state index contributed by atoms with van der Waals surface area (Å²) in [4.78, 5) is 0.585. The van der Waals surface area contributed by atoms with Crippen LogP contribution >= 0.6 is 23.1 Å². The number of halogens is 1. The lowest BCUT2D eigenvalue weighted by Gasteiger charge is -2.05. The molecule has 0 radical (unpaired) electrons. The predicted molar refractivity (Wildman–Crippen MR) is 67.8 cm³/mol. The van der Waals surface area contributed by atoms with Crippen molar-refractivity contribution in [2.45, 2.75) is 22.7 Å². The third-order valence-corrected chi connectivity index (χ3v) is 3.94. The zero-order valence-corrected chi connectivity index (χ0v) is 10.9. The van der Waals surface area contributed by atoms with Gasteiger partial charge in [-0.05, 0) is 24.2 Å². The average Bonchev–Trinajstić information content (AvgIpc) is 2.82. The molecule has 0 bridgehead atoms. The Kier molecular flexibility index (Phi) is 4.47. The smallest absolute Gasteiger partial charge is 0.178 e. The molecule has 0 fully saturated rings. The minimum absolute atomic E-state index is 0.208. The van der Waals surface area contributed by atoms with Crippen LogP contribution in [-0.2, 0) is 6.54 Å². The van der Waals surface area contributed by atoms with Crippen molar-refractivity contribution < 1.29 is 4.39 Å². The van der Waals surface area contributed by atoms with Crippen LogP contribution in [-0.4, -0.2) is 16.7 Å². The maximum absolute atomic E-state index is 13.8. The average molecular weight is 269 g/mol. The first kappa shape index (κ1) is 12.5. The molecule has 0 unspecified atom stereocenters. The highest BCUT2D eigenvalue weighted by Crippen LogP contribution is 2.30. The van der Waals surface area contributed by atoms with Crippen LogP contribution in [0.5, 0.6) is 0 Å². The van der Waals surface area contributed by atoms with Gasteiger partial charge in [-0.25, -0.2) is 4.39 Å². The van der Waals surface area contributed by atoms with E-state index >= 15 is 0 Å². The van der Waals surface area contributed by atoms with Crippen molar-refractivity contribution in [3.8, 4) is 0 Å². The van der Waals surface area contributed by atoms with Crippen molar-refractivity contribution in [2.24, 2.45) is 0 Å². The SMILES string of the molecule is CCNCc1ccc(Sc2nncs2)c(F)c1. The second-order valence-electron chi connectivity index (χ2n) is 3.35. The topological polar surface area (TPSA) is 37.8 Å². The molecule has 17 heavy (non-hydrogen) atoms. The molecule has 2 rings (SSSR count). The second-order valence-corrected chi connectivity index (χ2v) is 5.47. The first-order valence-electron chi connectivity index (χ1n) is 5.22. The van der Waals surface area contributed by atoms with Crippen LogP contribution < -0.4 is 5.32 Å². The fraction of sp³-hybridized carbons (Fsp3) is 0.273. The molecule has 0 atom stereocenters. The Morgan fingerprint density at radius 2 is 2.35 bits per heavy atom. The molecule has 90 valence electrons. The molecular weight excluding hydrogens is 257 g/mol. The number of nitrogens with one attached hydrogen (secondary N) is 1. The Balaban J connectivity index is 2.09. The highest BCUT2D eigenvalue weighted by atomic mass is 32.2. The van der Waals surface area contributed by atoms with Crippen LogP contribution in [0.25, 0.3) is 0 Å². The predicted octanol–water partition coefficient (Wildman–Crippen LogP) is 2.94. The van der Waals surface area contributed by atoms with E-state index in [0.29, 0.717) is 11.4 Å². The minimum atomic E-state index is -0.208. The van der Waals surface area contributed by atoms with Gasteiger partial charge in [-0.15, -0.1) is 10.2 Å². The molecule has 1 N–H and O–H groups in total. The van der Waals surface area contributed by atoms with Gasteiger partial charge in [0.25, 0.3) is 0 Å². The summed E-state index contributed by atoms with van der Waals surface area (Å²) in [5, 5.41) is 10.8. The normalized spacial score (nSPS) is 10.7. The van der Waals surface area contributed by atoms with Crippen molar-refractivity contribution in [1.82, 2.24) is 15.5 Å². The summed E-state index contributed by atoms with van der Waals surface area (Å²) in [5.74, 6) is -0.208. The van der Waals surface area contributed by atoms with Crippen molar-refractivity contribution in [1.29, 1.82) is 0 Å². The first-order chi connectivity index (χ1) is 8.29. The molecule has 1 aromatic heterocycles. The number of hydrogen-bond acceptors (Lipinski definition) is 5. The second kappa shape index (κ2) is 6.09. The van der Waals surface area contributed by atoms with E-state index in [4.69, 9.17) is 0 Å². The number of aromatic nitrogens is 2. The molecule has 6 heteroatoms. The molecule has 1 heterocycles. The minimum Gasteiger partial charge on any atom is -0.313 e. The number of hydrogen-bond donors (Lipinski definition) is 1. The summed E-state index contributed by atoms with van der Waals surface area (Å²) < 4.78 is 14.5. The maximum atomic E-state index is 13.8. The Morgan fingerprint density at radius 3 is 3.00 bits per heavy atom. The molecule has 2 aromatic rings. The van der Waals surface area contributed by atoms with Gasteiger partial charge in [-0.3, -0.25) is 0 Å². The van der Waals surface area contributed by atoms with E-state index in [2.05, 4.69) is 15.5 Å². The van der Waals surface area contributed by atoms with Crippen molar-refractivity contribution in [3.05, 3.63) is 35.1 Å². The van der Waals surface area contributed by atoms with Crippen LogP contribution in [0.4, 0.5) is 4.39 Å². The summed E-state index contributed by atoms with van der Waals surface area (Å²) in [7, 11) is 0. The third-order valence-electron chi connectivity index (χ3n) is 2.11. The van der Waals surface area contributed by atoms with E-state index in [1.165, 1.54) is 23.1 Å². The highest BCUT2D eigenvalue weighted by molar-refractivity contribution is 8.01. The van der Waals surface area contributed by atoms with Gasteiger partial charge in [0.1, 0.15) is 11.3 Å². The molecule has 0 aliphatic rings. The van der Waals surface area contributed by atoms with Gasteiger partial charge in [0, 0.05) is 6.54 Å². The third kappa shape index (κ3) is 3.49. The Bertz CT molecular complexity index is 474. The zero-order valence-electron chi connectivity index (χ0n) is 9.31. The summed E-state index contributed by atoms with van der Waals surface area (Å²) in [6, 6.07) is 5.27. The summed E-state index contributed by atoms with van der Waals surface area (Å²) in [6.07, 6.45) is 0. The molecule has 0 saturated heterocycles. The van der Waals surface area contributed by atoms with Crippen molar-refractivity contribution in [2.75, 3.05) is 6.54 Å². The zero-order chi connectivity index (χ0) is 12.1. The quantitative estimate of drug-likeness (QED) is 0.905. The van der Waals surface area contributed by atoms with Crippen LogP contribution in [0, 0.1) is 5.82 Å². The molecular formula is C11H12FN3S2. The van der Waals surface area contributed by atoms with Crippen LogP contribution in [0.1, 0.15) is 12.5 Å². The lowest BCUT2D eigenvalue weighted by atomic mass is 10.2. The van der Waals surface area contributed by atoms with E-state index in [-0.39, 0.29) is 5.82 Å². The molecule has 1 aromatic carbocycles. The summed E-state index contributed by atoms with van der Waals surface area (Å²) in [6.45, 7) is 3.59. The van der Waals surface area contributed by atoms with Gasteiger partial charge in [0.2, 0.25) is 0 Å². The number of benzene rings is 1. The standard InChI is InChI=1S/C11H12FN3S2/c1-2-13-6-8-3-4-10(9(12)5-8)17-11-15-14-7-16-11/h3-5,7,13H,2,6H2,1H3. The highest BCUT2D eigenvalue weighted by Gasteiger charge is 2.07. The van der Waals surface area contributed by atoms with E-state index < -0.39 is 0 Å². The van der Waals surface area contributed by atoms with Crippen molar-refractivity contribution in [3.63, 3.8) is 0 Å². The van der Waals surface area contributed by atoms with Gasteiger partial charge < -0.3 is 5.32 Å². The Labute approximate surface area is 107 Å². The summed E-state index contributed by atoms with van der Waals surface area (Å²) in [5.41, 5.74) is 2.59. The molecule has 0 aliphatic heterocycles. The molecule has 0 spiro atoms. The van der Waals surface area contributed by atoms with E-state index in [1.54, 1.807) is 17.6 Å². The van der Waals surface area contributed by atoms with E-state index in [0.717, 1.165) is 16.4 Å². The fourth-order valence-electron chi connectivity index (χ4n) is 1.31. The van der Waals surface area contributed by atoms with Crippen LogP contribution in [0.3, 0.4) is 0 Å². The van der Waals surface area contributed by atoms with Gasteiger partial charge in [0.05, 0.1) is 4.90 Å². The number of nitrogens with zero attached hydrogens (tertiary/aromatic N) is 2. The Morgan fingerprint density at radius 1 is 1.47 bits per heavy atom. The van der Waals surface area contributed by atoms with Gasteiger partial charge in [-0.2, -0.15) is 0 Å². The van der Waals surface area contributed by atoms with Gasteiger partial charge in [-0.1, -0.05) is 36.1 Å². The number of rotatable bonds is 5. The van der Waals surface area contributed by atoms with E-state index in [1.807, 2.05) is 13.0 Å². The van der Waals surface area contributed by atoms with Crippen LogP contribution in [0.2, 0.25) is 0 Å². The molecule has 3 nitrogen and oxygen atoms in total. The lowest BCUT2D eigenvalue weighted by molar-refractivity contribution is 0.596. The first-order valence-corrected chi connectivity index (χ1v) is 6.92.